The summed E-state index contributed by atoms with van der Waals surface area (Å²) in [5.41, 5.74) is 0.431. The van der Waals surface area contributed by atoms with E-state index >= 15 is 0 Å². The molecule has 1 aromatic rings. The molecule has 0 aliphatic heterocycles. The first-order valence-electron chi connectivity index (χ1n) is 5.04. The van der Waals surface area contributed by atoms with Crippen LogP contribution >= 0.6 is 15.9 Å². The summed E-state index contributed by atoms with van der Waals surface area (Å²) < 4.78 is 29.5. The smallest absolute Gasteiger partial charge is 0.321 e. The Hall–Kier alpha value is -1.08. The number of ether oxygens (including phenoxy) is 1. The number of halogens is 1. The number of carbonyl (C=O) groups is 1. The molecular weight excluding hydrogens is 324 g/mol. The summed E-state index contributed by atoms with van der Waals surface area (Å²) in [7, 11) is -2.33. The quantitative estimate of drug-likeness (QED) is 0.887. The molecule has 0 heterocycles. The fraction of sp³-hybridized carbons (Fsp3) is 0.364. The average molecular weight is 337 g/mol. The van der Waals surface area contributed by atoms with Crippen molar-refractivity contribution in [1.82, 2.24) is 0 Å². The van der Waals surface area contributed by atoms with E-state index in [2.05, 4.69) is 15.9 Å². The minimum absolute atomic E-state index is 0.372. The summed E-state index contributed by atoms with van der Waals surface area (Å²) >= 11 is 3.23. The fourth-order valence-corrected chi connectivity index (χ4v) is 2.98. The van der Waals surface area contributed by atoms with E-state index in [1.165, 1.54) is 7.11 Å². The van der Waals surface area contributed by atoms with E-state index < -0.39 is 21.1 Å². The summed E-state index contributed by atoms with van der Waals surface area (Å²) in [4.78, 5) is 10.7. The van der Waals surface area contributed by atoms with Gasteiger partial charge in [-0.05, 0) is 25.1 Å². The molecule has 0 bridgehead atoms. The highest BCUT2D eigenvalue weighted by Crippen LogP contribution is 2.25. The lowest BCUT2D eigenvalue weighted by atomic mass is 10.2. The molecule has 5 nitrogen and oxygen atoms in total. The summed E-state index contributed by atoms with van der Waals surface area (Å²) in [5.74, 6) is -1.31. The van der Waals surface area contributed by atoms with Crippen LogP contribution in [0.2, 0.25) is 0 Å². The standard InChI is InChI=1S/C11H13BrO5S/c1-7(11(13)14)18(15,16)6-8-5-9(12)3-4-10(8)17-2/h3-5,7H,6H2,1-2H3,(H,13,14). The maximum absolute atomic E-state index is 11.9. The molecule has 0 aliphatic carbocycles. The molecule has 0 amide bonds. The van der Waals surface area contributed by atoms with Crippen LogP contribution in [0.3, 0.4) is 0 Å². The highest BCUT2D eigenvalue weighted by Gasteiger charge is 2.28. The first kappa shape index (κ1) is 15.0. The Morgan fingerprint density at radius 3 is 2.61 bits per heavy atom. The molecule has 1 rings (SSSR count). The summed E-state index contributed by atoms with van der Waals surface area (Å²) in [6.45, 7) is 1.15. The van der Waals surface area contributed by atoms with E-state index in [4.69, 9.17) is 9.84 Å². The molecule has 1 unspecified atom stereocenters. The van der Waals surface area contributed by atoms with Gasteiger partial charge in [-0.3, -0.25) is 4.79 Å². The molecule has 0 saturated carbocycles. The zero-order valence-corrected chi connectivity index (χ0v) is 12.3. The Balaban J connectivity index is 3.11. The normalized spacial score (nSPS) is 13.1. The molecule has 1 aromatic carbocycles. The number of carboxylic acids is 1. The van der Waals surface area contributed by atoms with Gasteiger partial charge < -0.3 is 9.84 Å². The van der Waals surface area contributed by atoms with Crippen LogP contribution in [0.25, 0.3) is 0 Å². The van der Waals surface area contributed by atoms with Gasteiger partial charge >= 0.3 is 5.97 Å². The number of carboxylic acid groups (broad SMARTS) is 1. The van der Waals surface area contributed by atoms with Gasteiger partial charge in [0, 0.05) is 10.0 Å². The number of hydrogen-bond acceptors (Lipinski definition) is 4. The lowest BCUT2D eigenvalue weighted by Gasteiger charge is -2.12. The predicted molar refractivity (Wildman–Crippen MR) is 70.4 cm³/mol. The van der Waals surface area contributed by atoms with Crippen molar-refractivity contribution in [2.45, 2.75) is 17.9 Å². The third kappa shape index (κ3) is 3.46. The SMILES string of the molecule is COc1ccc(Br)cc1CS(=O)(=O)C(C)C(=O)O. The highest BCUT2D eigenvalue weighted by atomic mass is 79.9. The van der Waals surface area contributed by atoms with Gasteiger partial charge in [0.2, 0.25) is 0 Å². The van der Waals surface area contributed by atoms with E-state index in [-0.39, 0.29) is 5.75 Å². The summed E-state index contributed by atoms with van der Waals surface area (Å²) in [6, 6.07) is 4.95. The van der Waals surface area contributed by atoms with Crippen molar-refractivity contribution in [2.24, 2.45) is 0 Å². The van der Waals surface area contributed by atoms with Crippen LogP contribution in [0.15, 0.2) is 22.7 Å². The van der Waals surface area contributed by atoms with Gasteiger partial charge in [0.15, 0.2) is 15.1 Å². The number of sulfone groups is 1. The van der Waals surface area contributed by atoms with Gasteiger partial charge in [0.25, 0.3) is 0 Å². The van der Waals surface area contributed by atoms with Crippen molar-refractivity contribution < 1.29 is 23.1 Å². The van der Waals surface area contributed by atoms with Crippen LogP contribution in [-0.2, 0) is 20.4 Å². The maximum atomic E-state index is 11.9. The summed E-state index contributed by atoms with van der Waals surface area (Å²) in [5, 5.41) is 7.31. The predicted octanol–water partition coefficient (Wildman–Crippen LogP) is 1.85. The van der Waals surface area contributed by atoms with Crippen molar-refractivity contribution in [3.63, 3.8) is 0 Å². The van der Waals surface area contributed by atoms with Crippen molar-refractivity contribution >= 4 is 31.7 Å². The maximum Gasteiger partial charge on any atom is 0.321 e. The number of aliphatic carboxylic acids is 1. The highest BCUT2D eigenvalue weighted by molar-refractivity contribution is 9.10. The first-order chi connectivity index (χ1) is 8.27. The molecule has 7 heteroatoms. The van der Waals surface area contributed by atoms with Crippen molar-refractivity contribution in [1.29, 1.82) is 0 Å². The van der Waals surface area contributed by atoms with Gasteiger partial charge in [0.1, 0.15) is 5.75 Å². The molecule has 0 aliphatic rings. The van der Waals surface area contributed by atoms with Crippen LogP contribution in [-0.4, -0.2) is 31.9 Å². The van der Waals surface area contributed by atoms with Crippen LogP contribution in [0.5, 0.6) is 5.75 Å². The molecule has 1 atom stereocenters. The van der Waals surface area contributed by atoms with E-state index in [1.807, 2.05) is 0 Å². The lowest BCUT2D eigenvalue weighted by molar-refractivity contribution is -0.136. The Bertz CT molecular complexity index is 553. The summed E-state index contributed by atoms with van der Waals surface area (Å²) in [6.07, 6.45) is 0. The van der Waals surface area contributed by atoms with E-state index in [0.717, 1.165) is 6.92 Å². The minimum Gasteiger partial charge on any atom is -0.496 e. The topological polar surface area (TPSA) is 80.7 Å². The molecule has 18 heavy (non-hydrogen) atoms. The molecule has 0 saturated heterocycles. The van der Waals surface area contributed by atoms with Gasteiger partial charge in [0.05, 0.1) is 12.9 Å². The van der Waals surface area contributed by atoms with E-state index in [9.17, 15) is 13.2 Å². The molecule has 0 spiro atoms. The molecule has 0 fully saturated rings. The largest absolute Gasteiger partial charge is 0.496 e. The van der Waals surface area contributed by atoms with E-state index in [0.29, 0.717) is 15.8 Å². The van der Waals surface area contributed by atoms with Gasteiger partial charge in [-0.1, -0.05) is 15.9 Å². The van der Waals surface area contributed by atoms with Gasteiger partial charge in [-0.2, -0.15) is 0 Å². The Labute approximate surface area is 114 Å². The van der Waals surface area contributed by atoms with Crippen molar-refractivity contribution in [3.05, 3.63) is 28.2 Å². The number of benzene rings is 1. The Kier molecular flexibility index (Phi) is 4.75. The van der Waals surface area contributed by atoms with Crippen LogP contribution in [0.4, 0.5) is 0 Å². The Morgan fingerprint density at radius 2 is 2.11 bits per heavy atom. The van der Waals surface area contributed by atoms with Gasteiger partial charge in [-0.25, -0.2) is 8.42 Å². The monoisotopic (exact) mass is 336 g/mol. The van der Waals surface area contributed by atoms with Gasteiger partial charge in [-0.15, -0.1) is 0 Å². The average Bonchev–Trinajstić information content (AvgIpc) is 2.27. The second kappa shape index (κ2) is 5.71. The zero-order valence-electron chi connectivity index (χ0n) is 9.88. The first-order valence-corrected chi connectivity index (χ1v) is 7.55. The molecule has 0 radical (unpaired) electrons. The van der Waals surface area contributed by atoms with Crippen LogP contribution in [0, 0.1) is 0 Å². The third-order valence-corrected chi connectivity index (χ3v) is 4.97. The lowest BCUT2D eigenvalue weighted by Crippen LogP contribution is -2.28. The molecule has 1 N–H and O–H groups in total. The fourth-order valence-electron chi connectivity index (χ4n) is 1.36. The number of hydrogen-bond donors (Lipinski definition) is 1. The molecule has 100 valence electrons. The second-order valence-electron chi connectivity index (χ2n) is 3.74. The van der Waals surface area contributed by atoms with Crippen molar-refractivity contribution in [2.75, 3.05) is 7.11 Å². The van der Waals surface area contributed by atoms with Crippen LogP contribution in [0.1, 0.15) is 12.5 Å². The number of methoxy groups -OCH3 is 1. The minimum atomic E-state index is -3.76. The zero-order chi connectivity index (χ0) is 13.9. The van der Waals surface area contributed by atoms with Crippen molar-refractivity contribution in [3.8, 4) is 5.75 Å². The molecule has 0 aromatic heterocycles. The van der Waals surface area contributed by atoms with Crippen LogP contribution < -0.4 is 4.74 Å². The third-order valence-electron chi connectivity index (χ3n) is 2.49. The number of rotatable bonds is 5. The molecular formula is C11H13BrO5S. The van der Waals surface area contributed by atoms with E-state index in [1.54, 1.807) is 18.2 Å². The Morgan fingerprint density at radius 1 is 1.50 bits per heavy atom. The second-order valence-corrected chi connectivity index (χ2v) is 6.98.